The topological polar surface area (TPSA) is 24.9 Å². The van der Waals surface area contributed by atoms with E-state index in [4.69, 9.17) is 11.6 Å². The maximum Gasteiger partial charge on any atom is 0.0752 e. The molecule has 0 amide bonds. The van der Waals surface area contributed by atoms with Crippen molar-refractivity contribution in [1.82, 2.24) is 4.98 Å². The monoisotopic (exact) mass is 276 g/mol. The number of anilines is 1. The molecule has 0 spiro atoms. The molecule has 2 nitrogen and oxygen atoms in total. The highest BCUT2D eigenvalue weighted by Gasteiger charge is 2.15. The van der Waals surface area contributed by atoms with Crippen LogP contribution >= 0.6 is 11.6 Å². The number of pyridine rings is 1. The Morgan fingerprint density at radius 2 is 2.11 bits per heavy atom. The molecule has 2 aromatic rings. The van der Waals surface area contributed by atoms with Gasteiger partial charge in [-0.3, -0.25) is 4.98 Å². The molecule has 1 N–H and O–H groups in total. The minimum atomic E-state index is 0.420. The predicted molar refractivity (Wildman–Crippen MR) is 84.0 cm³/mol. The van der Waals surface area contributed by atoms with Gasteiger partial charge in [0.25, 0.3) is 0 Å². The number of hydrogen-bond donors (Lipinski definition) is 1. The van der Waals surface area contributed by atoms with Crippen molar-refractivity contribution in [2.75, 3.05) is 5.32 Å². The predicted octanol–water partition coefficient (Wildman–Crippen LogP) is 5.04. The SMILES string of the molecule is CCC(Nc1c(Cl)cc(C)c2ncccc12)C(C)C. The maximum atomic E-state index is 6.42. The summed E-state index contributed by atoms with van der Waals surface area (Å²) in [5.41, 5.74) is 3.15. The van der Waals surface area contributed by atoms with Crippen molar-refractivity contribution < 1.29 is 0 Å². The molecule has 102 valence electrons. The number of nitrogens with zero attached hydrogens (tertiary/aromatic N) is 1. The Labute approximate surface area is 120 Å². The Hall–Kier alpha value is -1.28. The van der Waals surface area contributed by atoms with Crippen LogP contribution in [0.4, 0.5) is 5.69 Å². The van der Waals surface area contributed by atoms with E-state index in [2.05, 4.69) is 37.1 Å². The van der Waals surface area contributed by atoms with Crippen molar-refractivity contribution in [2.24, 2.45) is 5.92 Å². The minimum Gasteiger partial charge on any atom is -0.380 e. The van der Waals surface area contributed by atoms with Crippen LogP contribution in [0, 0.1) is 12.8 Å². The molecule has 1 atom stereocenters. The molecule has 1 unspecified atom stereocenters. The van der Waals surface area contributed by atoms with Crippen molar-refractivity contribution >= 4 is 28.2 Å². The van der Waals surface area contributed by atoms with Gasteiger partial charge in [0.1, 0.15) is 0 Å². The third-order valence-corrected chi connectivity index (χ3v) is 3.91. The van der Waals surface area contributed by atoms with Gasteiger partial charge in [0.15, 0.2) is 0 Å². The number of fused-ring (bicyclic) bond motifs is 1. The first-order chi connectivity index (χ1) is 9.04. The lowest BCUT2D eigenvalue weighted by Crippen LogP contribution is -2.24. The van der Waals surface area contributed by atoms with E-state index in [1.807, 2.05) is 25.3 Å². The zero-order valence-corrected chi connectivity index (χ0v) is 12.8. The van der Waals surface area contributed by atoms with Gasteiger partial charge in [-0.05, 0) is 43.0 Å². The van der Waals surface area contributed by atoms with Crippen LogP contribution in [0.2, 0.25) is 5.02 Å². The average molecular weight is 277 g/mol. The number of hydrogen-bond acceptors (Lipinski definition) is 2. The first-order valence-corrected chi connectivity index (χ1v) is 7.22. The smallest absolute Gasteiger partial charge is 0.0752 e. The Balaban J connectivity index is 2.53. The second-order valence-electron chi connectivity index (χ2n) is 5.35. The summed E-state index contributed by atoms with van der Waals surface area (Å²) in [6.45, 7) is 8.69. The number of rotatable bonds is 4. The molecule has 0 aliphatic rings. The molecule has 2 rings (SSSR count). The second-order valence-corrected chi connectivity index (χ2v) is 5.76. The third-order valence-electron chi connectivity index (χ3n) is 3.61. The standard InChI is InChI=1S/C16H21ClN2/c1-5-14(10(2)3)19-16-12-7-6-8-18-15(12)11(4)9-13(16)17/h6-10,14,19H,5H2,1-4H3. The molecule has 1 aromatic heterocycles. The lowest BCUT2D eigenvalue weighted by atomic mass is 10.0. The summed E-state index contributed by atoms with van der Waals surface area (Å²) < 4.78 is 0. The van der Waals surface area contributed by atoms with Gasteiger partial charge in [-0.25, -0.2) is 0 Å². The lowest BCUT2D eigenvalue weighted by molar-refractivity contribution is 0.512. The van der Waals surface area contributed by atoms with Crippen LogP contribution in [0.25, 0.3) is 10.9 Å². The van der Waals surface area contributed by atoms with Crippen LogP contribution in [0.15, 0.2) is 24.4 Å². The van der Waals surface area contributed by atoms with Crippen molar-refractivity contribution in [3.63, 3.8) is 0 Å². The summed E-state index contributed by atoms with van der Waals surface area (Å²) in [6.07, 6.45) is 2.90. The van der Waals surface area contributed by atoms with Crippen molar-refractivity contribution in [3.05, 3.63) is 35.0 Å². The van der Waals surface area contributed by atoms with Crippen LogP contribution in [-0.4, -0.2) is 11.0 Å². The highest BCUT2D eigenvalue weighted by atomic mass is 35.5. The molecule has 0 fully saturated rings. The van der Waals surface area contributed by atoms with E-state index < -0.39 is 0 Å². The molecular formula is C16H21ClN2. The van der Waals surface area contributed by atoms with Crippen LogP contribution in [0.5, 0.6) is 0 Å². The van der Waals surface area contributed by atoms with Gasteiger partial charge >= 0.3 is 0 Å². The van der Waals surface area contributed by atoms with Gasteiger partial charge in [0.2, 0.25) is 0 Å². The van der Waals surface area contributed by atoms with E-state index in [1.165, 1.54) is 0 Å². The molecule has 3 heteroatoms. The lowest BCUT2D eigenvalue weighted by Gasteiger charge is -2.24. The van der Waals surface area contributed by atoms with Crippen molar-refractivity contribution in [3.8, 4) is 0 Å². The summed E-state index contributed by atoms with van der Waals surface area (Å²) in [7, 11) is 0. The molecular weight excluding hydrogens is 256 g/mol. The Morgan fingerprint density at radius 3 is 2.74 bits per heavy atom. The van der Waals surface area contributed by atoms with E-state index in [-0.39, 0.29) is 0 Å². The highest BCUT2D eigenvalue weighted by Crippen LogP contribution is 2.34. The average Bonchev–Trinajstić information content (AvgIpc) is 2.38. The number of benzene rings is 1. The summed E-state index contributed by atoms with van der Waals surface area (Å²) in [5, 5.41) is 5.47. The maximum absolute atomic E-state index is 6.42. The fourth-order valence-corrected chi connectivity index (χ4v) is 2.77. The van der Waals surface area contributed by atoms with Gasteiger partial charge in [-0.1, -0.05) is 32.4 Å². The van der Waals surface area contributed by atoms with Crippen LogP contribution in [0.1, 0.15) is 32.8 Å². The van der Waals surface area contributed by atoms with E-state index in [1.54, 1.807) is 0 Å². The molecule has 1 heterocycles. The van der Waals surface area contributed by atoms with E-state index >= 15 is 0 Å². The number of nitrogens with one attached hydrogen (secondary N) is 1. The van der Waals surface area contributed by atoms with Crippen LogP contribution in [0.3, 0.4) is 0 Å². The molecule has 0 aliphatic heterocycles. The number of halogens is 1. The van der Waals surface area contributed by atoms with Crippen LogP contribution < -0.4 is 5.32 Å². The van der Waals surface area contributed by atoms with Gasteiger partial charge in [0.05, 0.1) is 16.2 Å². The van der Waals surface area contributed by atoms with Crippen molar-refractivity contribution in [2.45, 2.75) is 40.2 Å². The second kappa shape index (κ2) is 5.79. The number of aryl methyl sites for hydroxylation is 1. The molecule has 0 bridgehead atoms. The highest BCUT2D eigenvalue weighted by molar-refractivity contribution is 6.35. The van der Waals surface area contributed by atoms with Crippen molar-refractivity contribution in [1.29, 1.82) is 0 Å². The first kappa shape index (κ1) is 14.1. The van der Waals surface area contributed by atoms with Crippen LogP contribution in [-0.2, 0) is 0 Å². The third kappa shape index (κ3) is 2.84. The Bertz CT molecular complexity index is 578. The number of aromatic nitrogens is 1. The summed E-state index contributed by atoms with van der Waals surface area (Å²) in [4.78, 5) is 4.46. The molecule has 1 aromatic carbocycles. The summed E-state index contributed by atoms with van der Waals surface area (Å²) in [6, 6.07) is 6.45. The zero-order valence-electron chi connectivity index (χ0n) is 12.0. The van der Waals surface area contributed by atoms with Gasteiger partial charge in [-0.2, -0.15) is 0 Å². The van der Waals surface area contributed by atoms with E-state index in [9.17, 15) is 0 Å². The molecule has 0 saturated heterocycles. The van der Waals surface area contributed by atoms with E-state index in [0.717, 1.165) is 33.6 Å². The largest absolute Gasteiger partial charge is 0.380 e. The quantitative estimate of drug-likeness (QED) is 0.846. The molecule has 0 radical (unpaired) electrons. The van der Waals surface area contributed by atoms with E-state index in [0.29, 0.717) is 12.0 Å². The normalized spacial score (nSPS) is 12.9. The van der Waals surface area contributed by atoms with Gasteiger partial charge in [-0.15, -0.1) is 0 Å². The minimum absolute atomic E-state index is 0.420. The van der Waals surface area contributed by atoms with Gasteiger partial charge in [0, 0.05) is 17.6 Å². The molecule has 19 heavy (non-hydrogen) atoms. The summed E-state index contributed by atoms with van der Waals surface area (Å²) >= 11 is 6.42. The zero-order chi connectivity index (χ0) is 14.0. The fourth-order valence-electron chi connectivity index (χ4n) is 2.45. The Kier molecular flexibility index (Phi) is 4.31. The first-order valence-electron chi connectivity index (χ1n) is 6.85. The molecule has 0 aliphatic carbocycles. The van der Waals surface area contributed by atoms with Gasteiger partial charge < -0.3 is 5.32 Å². The fraction of sp³-hybridized carbons (Fsp3) is 0.438. The summed E-state index contributed by atoms with van der Waals surface area (Å²) in [5.74, 6) is 0.564. The Morgan fingerprint density at radius 1 is 1.37 bits per heavy atom. The molecule has 0 saturated carbocycles.